The molecule has 0 amide bonds. The molecule has 3 aromatic rings. The molecule has 0 atom stereocenters. The van der Waals surface area contributed by atoms with Gasteiger partial charge >= 0.3 is 20.1 Å². The maximum absolute atomic E-state index is 6.25. The summed E-state index contributed by atoms with van der Waals surface area (Å²) in [6, 6.07) is 17.5. The molecule has 0 aliphatic rings. The number of nitrogens with zero attached hydrogens (tertiary/aromatic N) is 6. The molecule has 0 saturated heterocycles. The zero-order chi connectivity index (χ0) is 18.2. The second-order valence-electron chi connectivity index (χ2n) is 3.84. The van der Waals surface area contributed by atoms with E-state index in [0.29, 0.717) is 0 Å². The molecule has 0 spiro atoms. The normalized spacial score (nSPS) is 7.60. The number of hydrogen-bond acceptors (Lipinski definition) is 6. The Hall–Kier alpha value is -3.43. The van der Waals surface area contributed by atoms with E-state index in [9.17, 15) is 0 Å². The molecule has 7 heteroatoms. The predicted molar refractivity (Wildman–Crippen MR) is 85.6 cm³/mol. The van der Waals surface area contributed by atoms with Crippen LogP contribution in [0.25, 0.3) is 22.8 Å². The Labute approximate surface area is 160 Å². The van der Waals surface area contributed by atoms with Crippen molar-refractivity contribution < 1.29 is 20.1 Å². The quantitative estimate of drug-likeness (QED) is 0.495. The predicted octanol–water partition coefficient (Wildman–Crippen LogP) is 3.49. The molecule has 0 aliphatic heterocycles. The van der Waals surface area contributed by atoms with E-state index in [-0.39, 0.29) is 20.1 Å². The minimum Gasteiger partial charge on any atom is -0.512 e. The van der Waals surface area contributed by atoms with Crippen LogP contribution in [0.1, 0.15) is 0 Å². The first kappa shape index (κ1) is 23.8. The summed E-state index contributed by atoms with van der Waals surface area (Å²) in [5, 5.41) is 18.8. The summed E-state index contributed by atoms with van der Waals surface area (Å²) < 4.78 is 0. The van der Waals surface area contributed by atoms with Crippen LogP contribution in [-0.2, 0) is 20.1 Å². The third kappa shape index (κ3) is 7.59. The summed E-state index contributed by atoms with van der Waals surface area (Å²) in [4.78, 5) is 13.2. The Kier molecular flexibility index (Phi) is 14.7. The average Bonchev–Trinajstić information content (AvgIpc) is 2.74. The summed E-state index contributed by atoms with van der Waals surface area (Å²) in [6.45, 7) is 14.2. The number of hydrogen-bond donors (Lipinski definition) is 0. The molecule has 3 aromatic heterocycles. The van der Waals surface area contributed by atoms with Gasteiger partial charge in [-0.25, -0.2) is 4.98 Å². The van der Waals surface area contributed by atoms with Gasteiger partial charge in [0, 0.05) is 12.4 Å². The minimum atomic E-state index is 0. The summed E-state index contributed by atoms with van der Waals surface area (Å²) in [7, 11) is 0. The van der Waals surface area contributed by atoms with Crippen LogP contribution < -0.4 is 0 Å². The molecule has 0 fully saturated rings. The fourth-order valence-electron chi connectivity index (χ4n) is 1.75. The van der Waals surface area contributed by atoms with Gasteiger partial charge in [-0.1, -0.05) is 18.2 Å². The maximum Gasteiger partial charge on any atom is 3.00 e. The molecule has 0 bridgehead atoms. The molecule has 0 aliphatic carbocycles. The van der Waals surface area contributed by atoms with E-state index in [1.807, 2.05) is 54.6 Å². The molecule has 6 nitrogen and oxygen atoms in total. The van der Waals surface area contributed by atoms with E-state index in [1.165, 1.54) is 0 Å². The Morgan fingerprint density at radius 2 is 0.880 bits per heavy atom. The second kappa shape index (κ2) is 15.5. The van der Waals surface area contributed by atoms with Gasteiger partial charge in [-0.15, -0.1) is 0 Å². The van der Waals surface area contributed by atoms with E-state index < -0.39 is 0 Å². The first-order valence-corrected chi connectivity index (χ1v) is 6.40. The van der Waals surface area contributed by atoms with E-state index in [1.54, 1.807) is 12.4 Å². The summed E-state index contributed by atoms with van der Waals surface area (Å²) >= 11 is 0. The van der Waals surface area contributed by atoms with E-state index in [2.05, 4.69) is 15.0 Å². The van der Waals surface area contributed by atoms with E-state index in [0.717, 1.165) is 22.8 Å². The minimum absolute atomic E-state index is 0. The van der Waals surface area contributed by atoms with Gasteiger partial charge < -0.3 is 35.5 Å². The van der Waals surface area contributed by atoms with Crippen LogP contribution in [0.15, 0.2) is 67.0 Å². The zero-order valence-electron chi connectivity index (χ0n) is 12.9. The van der Waals surface area contributed by atoms with Crippen LogP contribution in [0.5, 0.6) is 0 Å². The van der Waals surface area contributed by atoms with Gasteiger partial charge in [0.2, 0.25) is 0 Å². The van der Waals surface area contributed by atoms with E-state index in [4.69, 9.17) is 35.5 Å². The number of aromatic nitrogens is 3. The number of pyridine rings is 3. The van der Waals surface area contributed by atoms with Crippen molar-refractivity contribution in [2.75, 3.05) is 0 Å². The largest absolute Gasteiger partial charge is 3.00 e. The first-order chi connectivity index (χ1) is 11.9. The van der Waals surface area contributed by atoms with E-state index >= 15 is 0 Å². The molecular weight excluding hydrogens is 492 g/mol. The average molecular weight is 504 g/mol. The smallest absolute Gasteiger partial charge is 0.512 e. The van der Waals surface area contributed by atoms with Crippen molar-refractivity contribution in [1.82, 2.24) is 15.0 Å². The van der Waals surface area contributed by atoms with Gasteiger partial charge in [0.1, 0.15) is 0 Å². The van der Waals surface area contributed by atoms with Gasteiger partial charge in [0.05, 0.1) is 22.8 Å². The Morgan fingerprint density at radius 3 is 1.20 bits per heavy atom. The van der Waals surface area contributed by atoms with Gasteiger partial charge in [-0.2, -0.15) is 0 Å². The maximum atomic E-state index is 6.25. The van der Waals surface area contributed by atoms with Crippen LogP contribution in [0.2, 0.25) is 0 Å². The van der Waals surface area contributed by atoms with Gasteiger partial charge in [-0.3, -0.25) is 9.97 Å². The van der Waals surface area contributed by atoms with Crippen molar-refractivity contribution in [3.8, 4) is 22.8 Å². The molecule has 0 saturated carbocycles. The summed E-state index contributed by atoms with van der Waals surface area (Å²) in [5.41, 5.74) is 3.46. The molecule has 3 heterocycles. The van der Waals surface area contributed by atoms with Crippen LogP contribution in [0, 0.1) is 35.5 Å². The first-order valence-electron chi connectivity index (χ1n) is 6.40. The molecule has 25 heavy (non-hydrogen) atoms. The topological polar surface area (TPSA) is 110 Å². The zero-order valence-corrected chi connectivity index (χ0v) is 15.3. The Morgan fingerprint density at radius 1 is 0.520 bits per heavy atom. The van der Waals surface area contributed by atoms with Gasteiger partial charge in [0.25, 0.3) is 0 Å². The second-order valence-corrected chi connectivity index (χ2v) is 3.84. The van der Waals surface area contributed by atoms with Crippen LogP contribution >= 0.6 is 0 Å². The van der Waals surface area contributed by atoms with Crippen molar-refractivity contribution >= 4 is 0 Å². The monoisotopic (exact) mass is 504 g/mol. The van der Waals surface area contributed by atoms with Crippen molar-refractivity contribution in [1.29, 1.82) is 15.8 Å². The number of rotatable bonds is 2. The Bertz CT molecular complexity index is 701. The third-order valence-electron chi connectivity index (χ3n) is 2.60. The molecule has 3 rings (SSSR count). The van der Waals surface area contributed by atoms with Crippen LogP contribution in [0.3, 0.4) is 0 Å². The van der Waals surface area contributed by atoms with Crippen LogP contribution in [-0.4, -0.2) is 15.0 Å². The molecular formula is C18H11IrN6. The standard InChI is InChI=1S/C15H11N3.3CN.Ir/c1-3-10-16-12(6-1)14-8-5-9-15(18-14)13-7-2-4-11-17-13;3*1-2;/h1-11H;;;;/q;3*-1;+3. The van der Waals surface area contributed by atoms with Crippen molar-refractivity contribution in [2.45, 2.75) is 0 Å². The fourth-order valence-corrected chi connectivity index (χ4v) is 1.75. The molecule has 0 unspecified atom stereocenters. The molecule has 122 valence electrons. The molecule has 0 radical (unpaired) electrons. The third-order valence-corrected chi connectivity index (χ3v) is 2.60. The fraction of sp³-hybridized carbons (Fsp3) is 0. The van der Waals surface area contributed by atoms with Crippen LogP contribution in [0.4, 0.5) is 0 Å². The van der Waals surface area contributed by atoms with Gasteiger partial charge in [0.15, 0.2) is 0 Å². The molecule has 0 N–H and O–H groups in total. The van der Waals surface area contributed by atoms with Crippen molar-refractivity contribution in [3.63, 3.8) is 0 Å². The van der Waals surface area contributed by atoms with Gasteiger partial charge in [-0.05, 0) is 36.4 Å². The molecule has 0 aromatic carbocycles. The SMILES string of the molecule is [C-]#N.[C-]#N.[C-]#N.[Ir+3].c1ccc(-c2cccc(-c3ccccn3)n2)nc1. The summed E-state index contributed by atoms with van der Waals surface area (Å²) in [5.74, 6) is 0. The Balaban J connectivity index is 0. The van der Waals surface area contributed by atoms with Crippen molar-refractivity contribution in [3.05, 3.63) is 86.7 Å². The summed E-state index contributed by atoms with van der Waals surface area (Å²) in [6.07, 6.45) is 3.54. The van der Waals surface area contributed by atoms with Crippen molar-refractivity contribution in [2.24, 2.45) is 0 Å².